The molecule has 68 valence electrons. The molecule has 0 aliphatic rings. The van der Waals surface area contributed by atoms with Crippen LogP contribution in [0.2, 0.25) is 0 Å². The Kier molecular flexibility index (Phi) is 2.74. The summed E-state index contributed by atoms with van der Waals surface area (Å²) < 4.78 is 12.7. The lowest BCUT2D eigenvalue weighted by atomic mass is 10.3. The molecule has 0 radical (unpaired) electrons. The van der Waals surface area contributed by atoms with Crippen LogP contribution in [0.4, 0.5) is 4.39 Å². The zero-order valence-corrected chi connectivity index (χ0v) is 7.12. The number of halogens is 1. The maximum Gasteiger partial charge on any atom is 0.241 e. The summed E-state index contributed by atoms with van der Waals surface area (Å²) in [5.74, 6) is -0.917. The fraction of sp³-hybridized carbons (Fsp3) is 0.111. The maximum atomic E-state index is 12.7. The van der Waals surface area contributed by atoms with E-state index in [2.05, 4.69) is 4.98 Å². The van der Waals surface area contributed by atoms with Crippen LogP contribution in [-0.2, 0) is 4.79 Å². The molecule has 0 spiro atoms. The Bertz CT molecular complexity index is 361. The van der Waals surface area contributed by atoms with Crippen molar-refractivity contribution in [2.24, 2.45) is 5.73 Å². The fourth-order valence-electron chi connectivity index (χ4n) is 0.824. The summed E-state index contributed by atoms with van der Waals surface area (Å²) in [6.07, 6.45) is 2.62. The molecule has 2 N–H and O–H groups in total. The monoisotopic (exact) mass is 180 g/mol. The van der Waals surface area contributed by atoms with Gasteiger partial charge in [-0.25, -0.2) is 4.39 Å². The summed E-state index contributed by atoms with van der Waals surface area (Å²) >= 11 is 0. The number of aryl methyl sites for hydroxylation is 1. The number of pyridine rings is 1. The number of hydrogen-bond acceptors (Lipinski definition) is 2. The lowest BCUT2D eigenvalue weighted by molar-refractivity contribution is -0.113. The highest BCUT2D eigenvalue weighted by Gasteiger charge is 1.97. The molecule has 0 aliphatic heterocycles. The Morgan fingerprint density at radius 1 is 1.62 bits per heavy atom. The topological polar surface area (TPSA) is 56.0 Å². The second-order valence-corrected chi connectivity index (χ2v) is 2.54. The lowest BCUT2D eigenvalue weighted by Gasteiger charge is -1.96. The van der Waals surface area contributed by atoms with Crippen molar-refractivity contribution < 1.29 is 9.18 Å². The summed E-state index contributed by atoms with van der Waals surface area (Å²) in [4.78, 5) is 14.2. The van der Waals surface area contributed by atoms with E-state index in [1.807, 2.05) is 0 Å². The summed E-state index contributed by atoms with van der Waals surface area (Å²) in [7, 11) is 0. The summed E-state index contributed by atoms with van der Waals surface area (Å²) in [5.41, 5.74) is 5.69. The number of carbonyl (C=O) groups is 1. The van der Waals surface area contributed by atoms with Crippen LogP contribution in [0.3, 0.4) is 0 Å². The zero-order valence-electron chi connectivity index (χ0n) is 7.12. The molecule has 1 aromatic heterocycles. The molecule has 1 rings (SSSR count). The molecule has 13 heavy (non-hydrogen) atoms. The van der Waals surface area contributed by atoms with E-state index in [1.54, 1.807) is 6.92 Å². The molecule has 4 heteroatoms. The van der Waals surface area contributed by atoms with Crippen molar-refractivity contribution in [2.45, 2.75) is 6.92 Å². The molecule has 0 atom stereocenters. The molecular formula is C9H9FN2O. The minimum absolute atomic E-state index is 0.298. The molecule has 1 heterocycles. The van der Waals surface area contributed by atoms with Crippen LogP contribution in [0.25, 0.3) is 6.08 Å². The molecule has 3 nitrogen and oxygen atoms in total. The van der Waals surface area contributed by atoms with Crippen LogP contribution in [0, 0.1) is 12.7 Å². The molecule has 0 aliphatic carbocycles. The van der Waals surface area contributed by atoms with Gasteiger partial charge >= 0.3 is 0 Å². The number of amides is 1. The number of primary amides is 1. The Balaban J connectivity index is 2.92. The van der Waals surface area contributed by atoms with Crippen LogP contribution in [0.5, 0.6) is 0 Å². The molecule has 1 amide bonds. The van der Waals surface area contributed by atoms with Crippen molar-refractivity contribution >= 4 is 12.0 Å². The van der Waals surface area contributed by atoms with Gasteiger partial charge in [0.2, 0.25) is 5.91 Å². The van der Waals surface area contributed by atoms with E-state index in [0.717, 1.165) is 0 Å². The third-order valence-electron chi connectivity index (χ3n) is 1.46. The van der Waals surface area contributed by atoms with E-state index in [4.69, 9.17) is 5.73 Å². The third kappa shape index (κ3) is 2.66. The van der Waals surface area contributed by atoms with Crippen LogP contribution < -0.4 is 5.73 Å². The van der Waals surface area contributed by atoms with Gasteiger partial charge in [-0.2, -0.15) is 0 Å². The fourth-order valence-corrected chi connectivity index (χ4v) is 0.824. The molecule has 1 aromatic rings. The number of nitrogens with zero attached hydrogens (tertiary/aromatic N) is 1. The van der Waals surface area contributed by atoms with E-state index < -0.39 is 5.91 Å². The van der Waals surface area contributed by atoms with Crippen molar-refractivity contribution in [1.29, 1.82) is 0 Å². The normalized spacial score (nSPS) is 10.6. The largest absolute Gasteiger partial charge is 0.366 e. The van der Waals surface area contributed by atoms with E-state index in [9.17, 15) is 9.18 Å². The van der Waals surface area contributed by atoms with Crippen LogP contribution in [0.15, 0.2) is 18.2 Å². The summed E-state index contributed by atoms with van der Waals surface area (Å²) in [5, 5.41) is 0. The Morgan fingerprint density at radius 2 is 2.31 bits per heavy atom. The summed E-state index contributed by atoms with van der Waals surface area (Å²) in [6, 6.07) is 2.77. The average molecular weight is 180 g/mol. The van der Waals surface area contributed by atoms with E-state index in [0.29, 0.717) is 11.4 Å². The molecule has 0 fully saturated rings. The highest BCUT2D eigenvalue weighted by molar-refractivity contribution is 5.89. The van der Waals surface area contributed by atoms with E-state index in [-0.39, 0.29) is 5.82 Å². The second kappa shape index (κ2) is 3.80. The van der Waals surface area contributed by atoms with Gasteiger partial charge in [-0.05, 0) is 25.1 Å². The maximum absolute atomic E-state index is 12.7. The molecular weight excluding hydrogens is 171 g/mol. The number of aromatic nitrogens is 1. The molecule has 0 aromatic carbocycles. The smallest absolute Gasteiger partial charge is 0.241 e. The Labute approximate surface area is 75.1 Å². The van der Waals surface area contributed by atoms with Gasteiger partial charge in [0.15, 0.2) is 0 Å². The molecule has 0 unspecified atom stereocenters. The number of rotatable bonds is 2. The van der Waals surface area contributed by atoms with Crippen molar-refractivity contribution in [2.75, 3.05) is 0 Å². The predicted molar refractivity (Wildman–Crippen MR) is 47.2 cm³/mol. The highest BCUT2D eigenvalue weighted by atomic mass is 19.1. The van der Waals surface area contributed by atoms with Gasteiger partial charge in [-0.15, -0.1) is 0 Å². The van der Waals surface area contributed by atoms with Gasteiger partial charge in [0.25, 0.3) is 0 Å². The predicted octanol–water partition coefficient (Wildman–Crippen LogP) is 1.03. The second-order valence-electron chi connectivity index (χ2n) is 2.54. The van der Waals surface area contributed by atoms with Gasteiger partial charge in [0.05, 0.1) is 11.4 Å². The third-order valence-corrected chi connectivity index (χ3v) is 1.46. The van der Waals surface area contributed by atoms with Gasteiger partial charge in [-0.1, -0.05) is 0 Å². The zero-order chi connectivity index (χ0) is 9.84. The molecule has 0 saturated carbocycles. The van der Waals surface area contributed by atoms with Gasteiger partial charge in [-0.3, -0.25) is 9.78 Å². The van der Waals surface area contributed by atoms with Crippen molar-refractivity contribution in [3.05, 3.63) is 35.4 Å². The van der Waals surface area contributed by atoms with Gasteiger partial charge in [0.1, 0.15) is 5.82 Å². The Morgan fingerprint density at radius 3 is 2.85 bits per heavy atom. The molecule has 0 saturated heterocycles. The van der Waals surface area contributed by atoms with E-state index in [1.165, 1.54) is 24.3 Å². The first-order valence-electron chi connectivity index (χ1n) is 3.70. The van der Waals surface area contributed by atoms with Crippen LogP contribution >= 0.6 is 0 Å². The van der Waals surface area contributed by atoms with Crippen LogP contribution in [0.1, 0.15) is 11.4 Å². The quantitative estimate of drug-likeness (QED) is 0.691. The number of nitrogens with two attached hydrogens (primary N) is 1. The van der Waals surface area contributed by atoms with Crippen LogP contribution in [-0.4, -0.2) is 10.9 Å². The first-order valence-corrected chi connectivity index (χ1v) is 3.70. The van der Waals surface area contributed by atoms with Gasteiger partial charge < -0.3 is 5.73 Å². The SMILES string of the molecule is Cc1nc(C=CC(N)=O)ccc1F. The average Bonchev–Trinajstić information content (AvgIpc) is 2.07. The van der Waals surface area contributed by atoms with E-state index >= 15 is 0 Å². The number of carbonyl (C=O) groups excluding carboxylic acids is 1. The first-order chi connectivity index (χ1) is 6.09. The van der Waals surface area contributed by atoms with Crippen molar-refractivity contribution in [3.63, 3.8) is 0 Å². The Hall–Kier alpha value is -1.71. The minimum atomic E-state index is -0.552. The summed E-state index contributed by atoms with van der Waals surface area (Å²) in [6.45, 7) is 1.55. The molecule has 0 bridgehead atoms. The van der Waals surface area contributed by atoms with Gasteiger partial charge in [0, 0.05) is 6.08 Å². The minimum Gasteiger partial charge on any atom is -0.366 e. The van der Waals surface area contributed by atoms with Crippen molar-refractivity contribution in [3.8, 4) is 0 Å². The number of hydrogen-bond donors (Lipinski definition) is 1. The highest BCUT2D eigenvalue weighted by Crippen LogP contribution is 2.05. The lowest BCUT2D eigenvalue weighted by Crippen LogP contribution is -2.05. The van der Waals surface area contributed by atoms with Crippen molar-refractivity contribution in [1.82, 2.24) is 4.98 Å². The first kappa shape index (κ1) is 9.38. The standard InChI is InChI=1S/C9H9FN2O/c1-6-8(10)4-2-7(12-6)3-5-9(11)13/h2-5H,1H3,(H2,11,13).